The molecule has 0 heterocycles. The number of hydrogen-bond acceptors (Lipinski definition) is 4. The van der Waals surface area contributed by atoms with Crippen LogP contribution < -0.4 is 9.62 Å². The average Bonchev–Trinajstić information content (AvgIpc) is 2.89. The van der Waals surface area contributed by atoms with Gasteiger partial charge in [-0.25, -0.2) is 8.42 Å². The van der Waals surface area contributed by atoms with Crippen LogP contribution in [0.3, 0.4) is 0 Å². The van der Waals surface area contributed by atoms with Gasteiger partial charge >= 0.3 is 0 Å². The topological polar surface area (TPSA) is 86.8 Å². The summed E-state index contributed by atoms with van der Waals surface area (Å²) >= 11 is 12.2. The van der Waals surface area contributed by atoms with Crippen molar-refractivity contribution < 1.29 is 18.0 Å². The molecule has 3 aromatic carbocycles. The second-order valence-corrected chi connectivity index (χ2v) is 11.9. The zero-order chi connectivity index (χ0) is 28.4. The molecule has 0 saturated carbocycles. The molecule has 0 aromatic heterocycles. The van der Waals surface area contributed by atoms with Crippen molar-refractivity contribution in [3.05, 3.63) is 100 Å². The second kappa shape index (κ2) is 14.4. The molecule has 0 spiro atoms. The van der Waals surface area contributed by atoms with Gasteiger partial charge < -0.3 is 10.2 Å². The molecular weight excluding hydrogens is 557 g/mol. The fourth-order valence-electron chi connectivity index (χ4n) is 4.29. The van der Waals surface area contributed by atoms with E-state index in [1.165, 1.54) is 4.31 Å². The van der Waals surface area contributed by atoms with Crippen LogP contribution in [0.2, 0.25) is 10.0 Å². The molecule has 0 aliphatic heterocycles. The largest absolute Gasteiger partial charge is 0.355 e. The van der Waals surface area contributed by atoms with Crippen LogP contribution in [0.25, 0.3) is 0 Å². The number of likely N-dealkylation sites (N-methyl/N-ethyl adjacent to an activating group) is 1. The van der Waals surface area contributed by atoms with Gasteiger partial charge in [0.25, 0.3) is 0 Å². The Hall–Kier alpha value is -3.07. The molecule has 2 amide bonds. The van der Waals surface area contributed by atoms with Crippen LogP contribution in [0.5, 0.6) is 0 Å². The van der Waals surface area contributed by atoms with E-state index in [1.807, 2.05) is 43.3 Å². The van der Waals surface area contributed by atoms with Gasteiger partial charge in [-0.3, -0.25) is 13.9 Å². The van der Waals surface area contributed by atoms with Crippen LogP contribution in [0.15, 0.2) is 78.9 Å². The van der Waals surface area contributed by atoms with Gasteiger partial charge in [-0.15, -0.1) is 0 Å². The molecule has 0 fully saturated rings. The quantitative estimate of drug-likeness (QED) is 0.292. The Morgan fingerprint density at radius 3 is 2.18 bits per heavy atom. The third-order valence-corrected chi connectivity index (χ3v) is 7.81. The van der Waals surface area contributed by atoms with Crippen molar-refractivity contribution in [1.29, 1.82) is 0 Å². The molecule has 39 heavy (non-hydrogen) atoms. The van der Waals surface area contributed by atoms with E-state index >= 15 is 0 Å². The van der Waals surface area contributed by atoms with Crippen LogP contribution in [-0.4, -0.2) is 50.5 Å². The molecule has 0 bridgehead atoms. The normalized spacial score (nSPS) is 12.0. The smallest absolute Gasteiger partial charge is 0.243 e. The van der Waals surface area contributed by atoms with Gasteiger partial charge in [0.1, 0.15) is 6.04 Å². The first-order valence-corrected chi connectivity index (χ1v) is 15.3. The Bertz CT molecular complexity index is 1350. The molecule has 0 aliphatic rings. The highest BCUT2D eigenvalue weighted by Crippen LogP contribution is 2.22. The molecule has 0 aliphatic carbocycles. The second-order valence-electron chi connectivity index (χ2n) is 9.17. The Kier molecular flexibility index (Phi) is 11.2. The summed E-state index contributed by atoms with van der Waals surface area (Å²) in [6, 6.07) is 22.4. The van der Waals surface area contributed by atoms with E-state index in [-0.39, 0.29) is 37.7 Å². The molecule has 3 aromatic rings. The van der Waals surface area contributed by atoms with Gasteiger partial charge in [0.05, 0.1) is 11.9 Å². The summed E-state index contributed by atoms with van der Waals surface area (Å²) in [4.78, 5) is 28.5. The fraction of sp³-hybridized carbons (Fsp3) is 0.310. The number of carbonyl (C=O) groups is 2. The number of nitrogens with one attached hydrogen (secondary N) is 1. The third-order valence-electron chi connectivity index (χ3n) is 6.13. The summed E-state index contributed by atoms with van der Waals surface area (Å²) in [6.07, 6.45) is 1.76. The number of hydrogen-bond donors (Lipinski definition) is 1. The number of halogens is 2. The lowest BCUT2D eigenvalue weighted by Crippen LogP contribution is -2.50. The number of amides is 2. The highest BCUT2D eigenvalue weighted by molar-refractivity contribution is 7.92. The Morgan fingerprint density at radius 1 is 0.897 bits per heavy atom. The van der Waals surface area contributed by atoms with Gasteiger partial charge in [-0.05, 0) is 60.9 Å². The van der Waals surface area contributed by atoms with Crippen molar-refractivity contribution in [3.63, 3.8) is 0 Å². The van der Waals surface area contributed by atoms with E-state index in [1.54, 1.807) is 47.4 Å². The van der Waals surface area contributed by atoms with Gasteiger partial charge in [0.2, 0.25) is 21.8 Å². The molecule has 3 rings (SSSR count). The molecule has 0 unspecified atom stereocenters. The predicted molar refractivity (Wildman–Crippen MR) is 157 cm³/mol. The van der Waals surface area contributed by atoms with Crippen molar-refractivity contribution in [2.24, 2.45) is 0 Å². The number of anilines is 1. The van der Waals surface area contributed by atoms with Gasteiger partial charge in [-0.1, -0.05) is 65.7 Å². The first-order valence-electron chi connectivity index (χ1n) is 12.7. The maximum Gasteiger partial charge on any atom is 0.243 e. The number of sulfonamides is 1. The summed E-state index contributed by atoms with van der Waals surface area (Å²) in [7, 11) is -3.59. The SMILES string of the molecule is CCNC(=O)[C@H](Cc1ccccc1)N(Cc1cccc(Cl)c1)C(=O)CCCN(c1ccc(Cl)cc1)S(C)(=O)=O. The summed E-state index contributed by atoms with van der Waals surface area (Å²) < 4.78 is 26.3. The van der Waals surface area contributed by atoms with E-state index in [0.29, 0.717) is 28.7 Å². The third kappa shape index (κ3) is 9.27. The van der Waals surface area contributed by atoms with Gasteiger partial charge in [0.15, 0.2) is 0 Å². The maximum absolute atomic E-state index is 13.7. The minimum atomic E-state index is -3.59. The minimum Gasteiger partial charge on any atom is -0.355 e. The lowest BCUT2D eigenvalue weighted by molar-refractivity contribution is -0.141. The minimum absolute atomic E-state index is 0.0465. The zero-order valence-corrected chi connectivity index (χ0v) is 24.3. The van der Waals surface area contributed by atoms with E-state index in [2.05, 4.69) is 5.32 Å². The summed E-state index contributed by atoms with van der Waals surface area (Å²) in [5, 5.41) is 3.89. The molecule has 0 radical (unpaired) electrons. The Morgan fingerprint density at radius 2 is 1.56 bits per heavy atom. The lowest BCUT2D eigenvalue weighted by atomic mass is 10.0. The number of rotatable bonds is 13. The molecule has 208 valence electrons. The van der Waals surface area contributed by atoms with E-state index in [0.717, 1.165) is 17.4 Å². The highest BCUT2D eigenvalue weighted by atomic mass is 35.5. The van der Waals surface area contributed by atoms with Gasteiger partial charge in [-0.2, -0.15) is 0 Å². The van der Waals surface area contributed by atoms with Crippen molar-refractivity contribution in [1.82, 2.24) is 10.2 Å². The molecule has 1 N–H and O–H groups in total. The summed E-state index contributed by atoms with van der Waals surface area (Å²) in [6.45, 7) is 2.54. The Labute approximate surface area is 240 Å². The van der Waals surface area contributed by atoms with Crippen LogP contribution >= 0.6 is 23.2 Å². The molecular formula is C29H33Cl2N3O4S. The number of benzene rings is 3. The van der Waals surface area contributed by atoms with Crippen LogP contribution in [0, 0.1) is 0 Å². The van der Waals surface area contributed by atoms with Crippen molar-refractivity contribution in [3.8, 4) is 0 Å². The van der Waals surface area contributed by atoms with E-state index < -0.39 is 16.1 Å². The standard InChI is InChI=1S/C29H33Cl2N3O4S/c1-3-32-29(36)27(20-22-9-5-4-6-10-22)33(21-23-11-7-12-25(31)19-23)28(35)13-8-18-34(39(2,37)38)26-16-14-24(30)15-17-26/h4-7,9-12,14-17,19,27H,3,8,13,18,20-21H2,1-2H3,(H,32,36)/t27-/m0/s1. The average molecular weight is 591 g/mol. The number of carbonyl (C=O) groups excluding carboxylic acids is 2. The van der Waals surface area contributed by atoms with Crippen LogP contribution in [-0.2, 0) is 32.6 Å². The highest BCUT2D eigenvalue weighted by Gasteiger charge is 2.30. The van der Waals surface area contributed by atoms with Crippen LogP contribution in [0.1, 0.15) is 30.9 Å². The molecule has 0 saturated heterocycles. The summed E-state index contributed by atoms with van der Waals surface area (Å²) in [5.74, 6) is -0.512. The van der Waals surface area contributed by atoms with Crippen LogP contribution in [0.4, 0.5) is 5.69 Å². The van der Waals surface area contributed by atoms with Gasteiger partial charge in [0, 0.05) is 42.5 Å². The van der Waals surface area contributed by atoms with Crippen molar-refractivity contribution in [2.45, 2.75) is 38.8 Å². The molecule has 1 atom stereocenters. The molecule has 7 nitrogen and oxygen atoms in total. The maximum atomic E-state index is 13.7. The number of nitrogens with zero attached hydrogens (tertiary/aromatic N) is 2. The van der Waals surface area contributed by atoms with E-state index in [4.69, 9.17) is 23.2 Å². The Balaban J connectivity index is 1.85. The van der Waals surface area contributed by atoms with Crippen molar-refractivity contribution in [2.75, 3.05) is 23.7 Å². The van der Waals surface area contributed by atoms with E-state index in [9.17, 15) is 18.0 Å². The first-order chi connectivity index (χ1) is 18.6. The first kappa shape index (κ1) is 30.5. The monoisotopic (exact) mass is 589 g/mol. The fourth-order valence-corrected chi connectivity index (χ4v) is 5.59. The predicted octanol–water partition coefficient (Wildman–Crippen LogP) is 5.32. The zero-order valence-electron chi connectivity index (χ0n) is 22.0. The summed E-state index contributed by atoms with van der Waals surface area (Å²) in [5.41, 5.74) is 2.18. The molecule has 10 heteroatoms. The van der Waals surface area contributed by atoms with Crippen molar-refractivity contribution >= 4 is 50.7 Å². The lowest BCUT2D eigenvalue weighted by Gasteiger charge is -2.32.